The Hall–Kier alpha value is -2.25. The Morgan fingerprint density at radius 1 is 1.19 bits per heavy atom. The van der Waals surface area contributed by atoms with Crippen LogP contribution in [0, 0.1) is 21.7 Å². The molecule has 1 fully saturated rings. The van der Waals surface area contributed by atoms with E-state index in [4.69, 9.17) is 0 Å². The highest BCUT2D eigenvalue weighted by Gasteiger charge is 2.21. The molecule has 1 aromatic rings. The lowest BCUT2D eigenvalue weighted by Crippen LogP contribution is -2.39. The Kier molecular flexibility index (Phi) is 4.66. The summed E-state index contributed by atoms with van der Waals surface area (Å²) in [6, 6.07) is 0.415. The molecular formula is C13H15F2N3O3. The van der Waals surface area contributed by atoms with Crippen LogP contribution in [0.2, 0.25) is 0 Å². The van der Waals surface area contributed by atoms with Gasteiger partial charge in [-0.05, 0) is 12.8 Å². The maximum atomic E-state index is 13.5. The average Bonchev–Trinajstić information content (AvgIpc) is 2.42. The highest BCUT2D eigenvalue weighted by atomic mass is 19.1. The van der Waals surface area contributed by atoms with Crippen LogP contribution in [0.25, 0.3) is 0 Å². The van der Waals surface area contributed by atoms with Gasteiger partial charge in [0.1, 0.15) is 5.82 Å². The van der Waals surface area contributed by atoms with Crippen molar-refractivity contribution in [3.63, 3.8) is 0 Å². The van der Waals surface area contributed by atoms with E-state index in [1.807, 2.05) is 0 Å². The fourth-order valence-corrected chi connectivity index (χ4v) is 2.36. The summed E-state index contributed by atoms with van der Waals surface area (Å²) >= 11 is 0. The fraction of sp³-hybridized carbons (Fsp3) is 0.462. The Morgan fingerprint density at radius 3 is 2.48 bits per heavy atom. The normalized spacial score (nSPS) is 15.5. The predicted molar refractivity (Wildman–Crippen MR) is 72.0 cm³/mol. The van der Waals surface area contributed by atoms with Gasteiger partial charge in [0.2, 0.25) is 5.82 Å². The first-order valence-electron chi connectivity index (χ1n) is 6.68. The van der Waals surface area contributed by atoms with Crippen molar-refractivity contribution in [3.8, 4) is 0 Å². The Bertz CT molecular complexity index is 560. The summed E-state index contributed by atoms with van der Waals surface area (Å²) < 4.78 is 26.7. The van der Waals surface area contributed by atoms with E-state index in [0.717, 1.165) is 32.1 Å². The van der Waals surface area contributed by atoms with E-state index in [0.29, 0.717) is 12.1 Å². The van der Waals surface area contributed by atoms with Gasteiger partial charge in [-0.25, -0.2) is 9.18 Å². The smallest absolute Gasteiger partial charge is 0.319 e. The first kappa shape index (κ1) is 15.1. The Morgan fingerprint density at radius 2 is 1.86 bits per heavy atom. The number of amides is 2. The second kappa shape index (κ2) is 6.47. The summed E-state index contributed by atoms with van der Waals surface area (Å²) in [5.74, 6) is -2.34. The summed E-state index contributed by atoms with van der Waals surface area (Å²) in [5, 5.41) is 15.5. The van der Waals surface area contributed by atoms with E-state index >= 15 is 0 Å². The van der Waals surface area contributed by atoms with Gasteiger partial charge in [0.15, 0.2) is 0 Å². The summed E-state index contributed by atoms with van der Waals surface area (Å²) in [7, 11) is 0. The lowest BCUT2D eigenvalue weighted by atomic mass is 9.96. The summed E-state index contributed by atoms with van der Waals surface area (Å²) in [6.07, 6.45) is 4.85. The molecule has 1 aromatic carbocycles. The number of halogens is 2. The number of carbonyl (C=O) groups is 1. The molecule has 0 atom stereocenters. The van der Waals surface area contributed by atoms with Gasteiger partial charge in [-0.15, -0.1) is 0 Å². The number of urea groups is 1. The number of nitrogens with zero attached hydrogens (tertiary/aromatic N) is 1. The summed E-state index contributed by atoms with van der Waals surface area (Å²) in [4.78, 5) is 21.4. The molecule has 6 nitrogen and oxygen atoms in total. The van der Waals surface area contributed by atoms with Crippen molar-refractivity contribution in [1.29, 1.82) is 0 Å². The number of hydrogen-bond acceptors (Lipinski definition) is 3. The van der Waals surface area contributed by atoms with Crippen LogP contribution in [0.1, 0.15) is 32.1 Å². The zero-order valence-corrected chi connectivity index (χ0v) is 11.2. The number of benzene rings is 1. The standard InChI is InChI=1S/C13H15F2N3O3/c14-9-6-10(15)12(18(20)21)7-11(9)17-13(19)16-8-4-2-1-3-5-8/h6-8H,1-5H2,(H2,16,17,19). The molecule has 0 aromatic heterocycles. The van der Waals surface area contributed by atoms with Crippen molar-refractivity contribution in [2.45, 2.75) is 38.1 Å². The minimum atomic E-state index is -1.28. The number of nitro groups is 1. The highest BCUT2D eigenvalue weighted by Crippen LogP contribution is 2.25. The van der Waals surface area contributed by atoms with Crippen molar-refractivity contribution in [1.82, 2.24) is 5.32 Å². The molecule has 2 rings (SSSR count). The molecule has 1 aliphatic carbocycles. The molecule has 0 unspecified atom stereocenters. The van der Waals surface area contributed by atoms with E-state index < -0.39 is 34.0 Å². The number of nitro benzene ring substituents is 1. The van der Waals surface area contributed by atoms with Crippen LogP contribution in [0.5, 0.6) is 0 Å². The molecule has 114 valence electrons. The molecule has 2 amide bonds. The van der Waals surface area contributed by atoms with Gasteiger partial charge < -0.3 is 10.6 Å². The SMILES string of the molecule is O=C(Nc1cc([N+](=O)[O-])c(F)cc1F)NC1CCCCC1. The molecule has 21 heavy (non-hydrogen) atoms. The molecule has 0 aliphatic heterocycles. The fourth-order valence-electron chi connectivity index (χ4n) is 2.36. The van der Waals surface area contributed by atoms with Crippen LogP contribution in [-0.4, -0.2) is 17.0 Å². The van der Waals surface area contributed by atoms with Gasteiger partial charge in [0.05, 0.1) is 10.6 Å². The molecule has 2 N–H and O–H groups in total. The zero-order chi connectivity index (χ0) is 15.4. The maximum Gasteiger partial charge on any atom is 0.319 e. The third-order valence-corrected chi connectivity index (χ3v) is 3.42. The van der Waals surface area contributed by atoms with Gasteiger partial charge in [-0.3, -0.25) is 10.1 Å². The third kappa shape index (κ3) is 3.87. The molecule has 1 aliphatic rings. The van der Waals surface area contributed by atoms with Crippen molar-refractivity contribution in [2.75, 3.05) is 5.32 Å². The molecule has 0 saturated heterocycles. The molecule has 0 radical (unpaired) electrons. The van der Waals surface area contributed by atoms with E-state index in [9.17, 15) is 23.7 Å². The lowest BCUT2D eigenvalue weighted by molar-refractivity contribution is -0.387. The Labute approximate surface area is 119 Å². The molecule has 1 saturated carbocycles. The van der Waals surface area contributed by atoms with Gasteiger partial charge in [-0.1, -0.05) is 19.3 Å². The van der Waals surface area contributed by atoms with Gasteiger partial charge in [-0.2, -0.15) is 4.39 Å². The van der Waals surface area contributed by atoms with E-state index in [2.05, 4.69) is 10.6 Å². The topological polar surface area (TPSA) is 84.3 Å². The Balaban J connectivity index is 2.06. The second-order valence-corrected chi connectivity index (χ2v) is 4.97. The predicted octanol–water partition coefficient (Wildman–Crippen LogP) is 3.33. The van der Waals surface area contributed by atoms with Crippen molar-refractivity contribution in [2.24, 2.45) is 0 Å². The van der Waals surface area contributed by atoms with Crippen LogP contribution in [0.3, 0.4) is 0 Å². The first-order chi connectivity index (χ1) is 9.97. The molecule has 0 bridgehead atoms. The van der Waals surface area contributed by atoms with Crippen molar-refractivity contribution in [3.05, 3.63) is 33.9 Å². The van der Waals surface area contributed by atoms with Crippen molar-refractivity contribution < 1.29 is 18.5 Å². The van der Waals surface area contributed by atoms with E-state index in [1.54, 1.807) is 0 Å². The number of hydrogen-bond donors (Lipinski definition) is 2. The molecule has 8 heteroatoms. The van der Waals surface area contributed by atoms with Crippen LogP contribution < -0.4 is 10.6 Å². The van der Waals surface area contributed by atoms with Crippen LogP contribution in [0.15, 0.2) is 12.1 Å². The zero-order valence-electron chi connectivity index (χ0n) is 11.2. The van der Waals surface area contributed by atoms with Crippen LogP contribution >= 0.6 is 0 Å². The number of nitrogens with one attached hydrogen (secondary N) is 2. The maximum absolute atomic E-state index is 13.5. The average molecular weight is 299 g/mol. The summed E-state index contributed by atoms with van der Waals surface area (Å²) in [5.41, 5.74) is -1.30. The third-order valence-electron chi connectivity index (χ3n) is 3.42. The number of anilines is 1. The van der Waals surface area contributed by atoms with Gasteiger partial charge >= 0.3 is 11.7 Å². The number of rotatable bonds is 3. The second-order valence-electron chi connectivity index (χ2n) is 4.97. The summed E-state index contributed by atoms with van der Waals surface area (Å²) in [6.45, 7) is 0. The first-order valence-corrected chi connectivity index (χ1v) is 6.68. The van der Waals surface area contributed by atoms with Crippen LogP contribution in [0.4, 0.5) is 25.0 Å². The van der Waals surface area contributed by atoms with Gasteiger partial charge in [0.25, 0.3) is 0 Å². The number of carbonyl (C=O) groups excluding carboxylic acids is 1. The van der Waals surface area contributed by atoms with Crippen LogP contribution in [-0.2, 0) is 0 Å². The highest BCUT2D eigenvalue weighted by molar-refractivity contribution is 5.90. The largest absolute Gasteiger partial charge is 0.335 e. The molecule has 0 heterocycles. The van der Waals surface area contributed by atoms with E-state index in [-0.39, 0.29) is 6.04 Å². The lowest BCUT2D eigenvalue weighted by Gasteiger charge is -2.22. The minimum Gasteiger partial charge on any atom is -0.335 e. The molecular weight excluding hydrogens is 284 g/mol. The monoisotopic (exact) mass is 299 g/mol. The minimum absolute atomic E-state index is 0.0113. The quantitative estimate of drug-likeness (QED) is 0.663. The van der Waals surface area contributed by atoms with Crippen molar-refractivity contribution >= 4 is 17.4 Å². The van der Waals surface area contributed by atoms with E-state index in [1.165, 1.54) is 0 Å². The molecule has 0 spiro atoms. The van der Waals surface area contributed by atoms with Gasteiger partial charge in [0, 0.05) is 18.2 Å².